The summed E-state index contributed by atoms with van der Waals surface area (Å²) in [5, 5.41) is 4.39. The number of rotatable bonds is 1. The first-order chi connectivity index (χ1) is 13.0. The zero-order valence-electron chi connectivity index (χ0n) is 15.6. The highest BCUT2D eigenvalue weighted by Crippen LogP contribution is 2.44. The van der Waals surface area contributed by atoms with Gasteiger partial charge in [-0.15, -0.1) is 0 Å². The van der Waals surface area contributed by atoms with Crippen LogP contribution in [0.2, 0.25) is 5.02 Å². The molecule has 0 atom stereocenters. The number of hydrogen-bond donors (Lipinski definition) is 1. The van der Waals surface area contributed by atoms with Crippen molar-refractivity contribution in [2.75, 3.05) is 13.1 Å². The molecule has 0 aliphatic carbocycles. The second-order valence-corrected chi connectivity index (χ2v) is 8.54. The van der Waals surface area contributed by atoms with E-state index in [4.69, 9.17) is 11.6 Å². The summed E-state index contributed by atoms with van der Waals surface area (Å²) in [6.07, 6.45) is 2.33. The molecule has 138 valence electrons. The molecule has 0 spiro atoms. The van der Waals surface area contributed by atoms with Gasteiger partial charge in [-0.25, -0.2) is 0 Å². The molecule has 2 aliphatic heterocycles. The van der Waals surface area contributed by atoms with Gasteiger partial charge in [-0.05, 0) is 75.0 Å². The number of nitrogens with one attached hydrogen (secondary N) is 1. The fourth-order valence-electron chi connectivity index (χ4n) is 4.67. The molecule has 27 heavy (non-hydrogen) atoms. The third kappa shape index (κ3) is 2.40. The Morgan fingerprint density at radius 3 is 2.74 bits per heavy atom. The normalized spacial score (nSPS) is 18.5. The van der Waals surface area contributed by atoms with Crippen LogP contribution in [0.4, 0.5) is 0 Å². The van der Waals surface area contributed by atoms with Crippen molar-refractivity contribution < 1.29 is 0 Å². The Labute approximate surface area is 163 Å². The first kappa shape index (κ1) is 17.0. The molecule has 1 N–H and O–H groups in total. The molecular weight excluding hydrogens is 358 g/mol. The topological polar surface area (TPSA) is 46.9 Å². The number of fused-ring (bicyclic) bond motifs is 5. The molecular formula is C22H22ClN3O. The molecule has 1 fully saturated rings. The van der Waals surface area contributed by atoms with Gasteiger partial charge < -0.3 is 5.32 Å². The lowest BCUT2D eigenvalue weighted by Gasteiger charge is -2.25. The minimum atomic E-state index is -0.325. The summed E-state index contributed by atoms with van der Waals surface area (Å²) >= 11 is 6.33. The van der Waals surface area contributed by atoms with Crippen LogP contribution >= 0.6 is 11.6 Å². The Morgan fingerprint density at radius 2 is 1.96 bits per heavy atom. The lowest BCUT2D eigenvalue weighted by molar-refractivity contribution is 0.460. The third-order valence-electron chi connectivity index (χ3n) is 6.17. The molecule has 0 amide bonds. The molecule has 1 aromatic heterocycles. The van der Waals surface area contributed by atoms with Crippen LogP contribution in [0.3, 0.4) is 0 Å². The van der Waals surface area contributed by atoms with Crippen molar-refractivity contribution in [1.29, 1.82) is 0 Å². The standard InChI is InChI=1S/C22H22ClN3O/c1-22(2)15-12-14(13-8-10-24-11-9-13)6-7-17(15)26-18-5-3-4-16(23)19(18)20(27)25-21(22)26/h3-7,12-13,24H,8-11H2,1-2H3. The highest BCUT2D eigenvalue weighted by atomic mass is 35.5. The Balaban J connectivity index is 1.77. The number of halogens is 1. The second kappa shape index (κ2) is 5.91. The zero-order chi connectivity index (χ0) is 18.8. The van der Waals surface area contributed by atoms with Crippen molar-refractivity contribution in [2.24, 2.45) is 0 Å². The molecule has 5 rings (SSSR count). The second-order valence-electron chi connectivity index (χ2n) is 8.14. The summed E-state index contributed by atoms with van der Waals surface area (Å²) in [7, 11) is 0. The van der Waals surface area contributed by atoms with E-state index in [-0.39, 0.29) is 11.0 Å². The van der Waals surface area contributed by atoms with Crippen LogP contribution in [0, 0.1) is 0 Å². The number of benzene rings is 2. The molecule has 2 aliphatic rings. The number of piperidine rings is 1. The molecule has 2 aromatic carbocycles. The summed E-state index contributed by atoms with van der Waals surface area (Å²) in [5.74, 6) is 1.38. The summed E-state index contributed by atoms with van der Waals surface area (Å²) < 4.78 is 2.12. The molecule has 3 aromatic rings. The first-order valence-corrected chi connectivity index (χ1v) is 9.93. The summed E-state index contributed by atoms with van der Waals surface area (Å²) in [6, 6.07) is 12.4. The summed E-state index contributed by atoms with van der Waals surface area (Å²) in [6.45, 7) is 6.45. The molecule has 1 saturated heterocycles. The van der Waals surface area contributed by atoms with E-state index in [1.165, 1.54) is 24.0 Å². The number of aromatic nitrogens is 2. The Morgan fingerprint density at radius 1 is 1.19 bits per heavy atom. The van der Waals surface area contributed by atoms with Crippen molar-refractivity contribution in [3.63, 3.8) is 0 Å². The maximum Gasteiger partial charge on any atom is 0.282 e. The zero-order valence-corrected chi connectivity index (χ0v) is 16.3. The lowest BCUT2D eigenvalue weighted by Crippen LogP contribution is -2.27. The predicted octanol–water partition coefficient (Wildman–Crippen LogP) is 4.15. The number of nitrogens with zero attached hydrogens (tertiary/aromatic N) is 2. The molecule has 4 nitrogen and oxygen atoms in total. The first-order valence-electron chi connectivity index (χ1n) is 9.56. The number of hydrogen-bond acceptors (Lipinski definition) is 3. The van der Waals surface area contributed by atoms with Gasteiger partial charge in [0.15, 0.2) is 0 Å². The van der Waals surface area contributed by atoms with Crippen LogP contribution in [0.1, 0.15) is 49.6 Å². The molecule has 3 heterocycles. The van der Waals surface area contributed by atoms with Gasteiger partial charge in [0.05, 0.1) is 27.0 Å². The fraction of sp³-hybridized carbons (Fsp3) is 0.364. The van der Waals surface area contributed by atoms with Crippen molar-refractivity contribution in [3.8, 4) is 5.69 Å². The minimum absolute atomic E-state index is 0.249. The van der Waals surface area contributed by atoms with E-state index in [1.54, 1.807) is 6.07 Å². The summed E-state index contributed by atoms with van der Waals surface area (Å²) in [4.78, 5) is 17.2. The van der Waals surface area contributed by atoms with Gasteiger partial charge in [0.1, 0.15) is 5.82 Å². The third-order valence-corrected chi connectivity index (χ3v) is 6.49. The van der Waals surface area contributed by atoms with Crippen LogP contribution in [-0.2, 0) is 5.41 Å². The SMILES string of the molecule is CC1(C)c2cc(C3CCNCC3)ccc2-n2c1nc(=O)c1c(Cl)cccc12. The molecule has 0 radical (unpaired) electrons. The van der Waals surface area contributed by atoms with Crippen molar-refractivity contribution in [2.45, 2.75) is 38.0 Å². The van der Waals surface area contributed by atoms with Crippen LogP contribution < -0.4 is 10.9 Å². The van der Waals surface area contributed by atoms with E-state index in [0.29, 0.717) is 16.3 Å². The van der Waals surface area contributed by atoms with Crippen molar-refractivity contribution in [1.82, 2.24) is 14.9 Å². The molecule has 5 heteroatoms. The van der Waals surface area contributed by atoms with Gasteiger partial charge in [0.2, 0.25) is 0 Å². The van der Waals surface area contributed by atoms with E-state index in [0.717, 1.165) is 30.1 Å². The quantitative estimate of drug-likeness (QED) is 0.691. The summed E-state index contributed by atoms with van der Waals surface area (Å²) in [5.41, 5.74) is 3.99. The van der Waals surface area contributed by atoms with E-state index < -0.39 is 0 Å². The molecule has 0 unspecified atom stereocenters. The lowest BCUT2D eigenvalue weighted by atomic mass is 9.82. The van der Waals surface area contributed by atoms with Gasteiger partial charge in [-0.1, -0.05) is 29.8 Å². The average molecular weight is 380 g/mol. The highest BCUT2D eigenvalue weighted by molar-refractivity contribution is 6.35. The minimum Gasteiger partial charge on any atom is -0.317 e. The van der Waals surface area contributed by atoms with Gasteiger partial charge in [-0.2, -0.15) is 4.98 Å². The fourth-order valence-corrected chi connectivity index (χ4v) is 4.92. The van der Waals surface area contributed by atoms with Gasteiger partial charge in [-0.3, -0.25) is 9.36 Å². The van der Waals surface area contributed by atoms with Crippen LogP contribution in [-0.4, -0.2) is 22.6 Å². The van der Waals surface area contributed by atoms with E-state index >= 15 is 0 Å². The molecule has 0 bridgehead atoms. The maximum absolute atomic E-state index is 12.7. The van der Waals surface area contributed by atoms with E-state index in [1.807, 2.05) is 12.1 Å². The van der Waals surface area contributed by atoms with Crippen LogP contribution in [0.25, 0.3) is 16.6 Å². The smallest absolute Gasteiger partial charge is 0.282 e. The van der Waals surface area contributed by atoms with E-state index in [9.17, 15) is 4.79 Å². The van der Waals surface area contributed by atoms with Crippen LogP contribution in [0.15, 0.2) is 41.2 Å². The van der Waals surface area contributed by atoms with Gasteiger partial charge in [0.25, 0.3) is 5.56 Å². The Hall–Kier alpha value is -2.17. The monoisotopic (exact) mass is 379 g/mol. The van der Waals surface area contributed by atoms with Gasteiger partial charge in [0, 0.05) is 0 Å². The highest BCUT2D eigenvalue weighted by Gasteiger charge is 2.39. The predicted molar refractivity (Wildman–Crippen MR) is 109 cm³/mol. The van der Waals surface area contributed by atoms with Crippen molar-refractivity contribution >= 4 is 22.5 Å². The van der Waals surface area contributed by atoms with Gasteiger partial charge >= 0.3 is 0 Å². The average Bonchev–Trinajstić information content (AvgIpc) is 2.90. The van der Waals surface area contributed by atoms with Crippen LogP contribution in [0.5, 0.6) is 0 Å². The van der Waals surface area contributed by atoms with Crippen molar-refractivity contribution in [3.05, 3.63) is 68.7 Å². The molecule has 0 saturated carbocycles. The largest absolute Gasteiger partial charge is 0.317 e. The maximum atomic E-state index is 12.7. The Kier molecular flexibility index (Phi) is 3.72. The Bertz CT molecular complexity index is 1130. The van der Waals surface area contributed by atoms with E-state index in [2.05, 4.69) is 46.9 Å².